The molecule has 0 aromatic heterocycles. The second kappa shape index (κ2) is 19.9. The minimum atomic E-state index is -1.27. The summed E-state index contributed by atoms with van der Waals surface area (Å²) in [5.41, 5.74) is 16.0. The molecular formula is C42H55N7O8. The van der Waals surface area contributed by atoms with Crippen LogP contribution in [0.1, 0.15) is 95.1 Å². The van der Waals surface area contributed by atoms with Crippen molar-refractivity contribution >= 4 is 41.5 Å². The number of carboxylic acid groups (broad SMARTS) is 1. The standard InChI is InChI=1S/C42H55N7O8/c1-25(2)19-20-32-36(50)23-26(11-9-21-45-41(43)44)37(51)47-34(40(54)55)17-8-7-16-33(39(53)49-22-10-18-35(49)38(52)46-32)48-42(56)57-24-31-29-14-5-3-12-27(29)28-13-4-6-15-30(28)31/h3-6,12-15,19,26,31-35H,7-11,16-18,20-24H2,1-2H3,(H,46,52)(H,47,51)(H,48,56)(H,54,55)(H4,43,44,45)/t26-,32+,33+,34+,35?/m1/s1. The number of hydrogen-bond acceptors (Lipinski definition) is 8. The molecule has 4 amide bonds. The lowest BCUT2D eigenvalue weighted by Gasteiger charge is -2.30. The van der Waals surface area contributed by atoms with E-state index >= 15 is 0 Å². The molecule has 15 heteroatoms. The summed E-state index contributed by atoms with van der Waals surface area (Å²) in [6.07, 6.45) is 3.11. The first-order chi connectivity index (χ1) is 27.3. The van der Waals surface area contributed by atoms with Gasteiger partial charge >= 0.3 is 12.1 Å². The summed E-state index contributed by atoms with van der Waals surface area (Å²) in [7, 11) is 0. The average molecular weight is 786 g/mol. The van der Waals surface area contributed by atoms with Crippen molar-refractivity contribution in [2.24, 2.45) is 22.4 Å². The van der Waals surface area contributed by atoms with Crippen LogP contribution in [0.5, 0.6) is 0 Å². The van der Waals surface area contributed by atoms with E-state index in [9.17, 15) is 33.9 Å². The van der Waals surface area contributed by atoms with Gasteiger partial charge in [0.25, 0.3) is 0 Å². The predicted molar refractivity (Wildman–Crippen MR) is 214 cm³/mol. The number of carboxylic acids is 1. The average Bonchev–Trinajstić information content (AvgIpc) is 3.80. The van der Waals surface area contributed by atoms with Gasteiger partial charge in [-0.25, -0.2) is 9.59 Å². The molecule has 5 atom stereocenters. The number of hydrogen-bond donors (Lipinski definition) is 6. The minimum absolute atomic E-state index is 0.0336. The summed E-state index contributed by atoms with van der Waals surface area (Å²) in [5.74, 6) is -4.47. The lowest BCUT2D eigenvalue weighted by atomic mass is 9.91. The number of aliphatic imine (C=N–C) groups is 1. The Hall–Kier alpha value is -5.73. The van der Waals surface area contributed by atoms with E-state index in [0.717, 1.165) is 27.8 Å². The highest BCUT2D eigenvalue weighted by atomic mass is 16.5. The molecule has 2 saturated heterocycles. The molecule has 1 aliphatic carbocycles. The molecule has 2 aliphatic heterocycles. The van der Waals surface area contributed by atoms with Crippen LogP contribution >= 0.6 is 0 Å². The molecule has 2 heterocycles. The molecule has 1 unspecified atom stereocenters. The van der Waals surface area contributed by atoms with Gasteiger partial charge in [-0.15, -0.1) is 0 Å². The molecule has 15 nitrogen and oxygen atoms in total. The lowest BCUT2D eigenvalue weighted by molar-refractivity contribution is -0.143. The number of fused-ring (bicyclic) bond motifs is 4. The van der Waals surface area contributed by atoms with Crippen LogP contribution in [0.3, 0.4) is 0 Å². The number of aliphatic carboxylic acids is 1. The van der Waals surface area contributed by atoms with Crippen molar-refractivity contribution in [2.75, 3.05) is 19.7 Å². The Morgan fingerprint density at radius 3 is 2.25 bits per heavy atom. The Kier molecular flexibility index (Phi) is 14.8. The van der Waals surface area contributed by atoms with Crippen molar-refractivity contribution in [3.05, 3.63) is 71.3 Å². The molecule has 0 spiro atoms. The van der Waals surface area contributed by atoms with Gasteiger partial charge in [-0.3, -0.25) is 24.2 Å². The fraction of sp³-hybridized carbons (Fsp3) is 0.500. The first kappa shape index (κ1) is 42.4. The number of nitrogens with one attached hydrogen (secondary N) is 3. The molecule has 0 saturated carbocycles. The number of carbonyl (C=O) groups excluding carboxylic acids is 5. The van der Waals surface area contributed by atoms with Crippen LogP contribution in [0.4, 0.5) is 4.79 Å². The number of alkyl carbamates (subject to hydrolysis) is 1. The molecular weight excluding hydrogens is 731 g/mol. The van der Waals surface area contributed by atoms with Gasteiger partial charge in [0.15, 0.2) is 11.7 Å². The minimum Gasteiger partial charge on any atom is -0.480 e. The van der Waals surface area contributed by atoms with Crippen molar-refractivity contribution in [3.63, 3.8) is 0 Å². The third-order valence-electron chi connectivity index (χ3n) is 10.9. The third kappa shape index (κ3) is 11.2. The van der Waals surface area contributed by atoms with Gasteiger partial charge in [-0.1, -0.05) is 73.0 Å². The van der Waals surface area contributed by atoms with Crippen LogP contribution in [0, 0.1) is 5.92 Å². The zero-order valence-electron chi connectivity index (χ0n) is 32.7. The predicted octanol–water partition coefficient (Wildman–Crippen LogP) is 3.50. The van der Waals surface area contributed by atoms with E-state index in [0.29, 0.717) is 25.7 Å². The Balaban J connectivity index is 1.36. The van der Waals surface area contributed by atoms with Gasteiger partial charge in [0.05, 0.1) is 6.04 Å². The smallest absolute Gasteiger partial charge is 0.407 e. The van der Waals surface area contributed by atoms with Crippen molar-refractivity contribution in [1.82, 2.24) is 20.9 Å². The van der Waals surface area contributed by atoms with Gasteiger partial charge < -0.3 is 42.2 Å². The Bertz CT molecular complexity index is 1830. The number of Topliss-reactive ketones (excluding diaryl/α,β-unsaturated/α-hetero) is 1. The molecule has 306 valence electrons. The third-order valence-corrected chi connectivity index (χ3v) is 10.9. The Morgan fingerprint density at radius 1 is 0.930 bits per heavy atom. The van der Waals surface area contributed by atoms with Crippen molar-refractivity contribution in [3.8, 4) is 11.1 Å². The lowest BCUT2D eigenvalue weighted by Crippen LogP contribution is -2.55. The normalized spacial score (nSPS) is 23.2. The van der Waals surface area contributed by atoms with Crippen LogP contribution in [-0.4, -0.2) is 95.4 Å². The van der Waals surface area contributed by atoms with E-state index in [1.54, 1.807) is 0 Å². The summed E-state index contributed by atoms with van der Waals surface area (Å²) in [4.78, 5) is 86.9. The summed E-state index contributed by atoms with van der Waals surface area (Å²) in [6, 6.07) is 11.6. The number of ether oxygens (including phenoxy) is 1. The number of nitrogens with zero attached hydrogens (tertiary/aromatic N) is 2. The highest BCUT2D eigenvalue weighted by molar-refractivity contribution is 5.96. The van der Waals surface area contributed by atoms with Gasteiger partial charge in [-0.05, 0) is 81.0 Å². The zero-order valence-corrected chi connectivity index (χ0v) is 32.7. The number of nitrogens with two attached hydrogens (primary N) is 2. The van der Waals surface area contributed by atoms with Crippen LogP contribution < -0.4 is 27.4 Å². The summed E-state index contributed by atoms with van der Waals surface area (Å²) in [5, 5.41) is 18.3. The van der Waals surface area contributed by atoms with E-state index in [4.69, 9.17) is 16.2 Å². The highest BCUT2D eigenvalue weighted by Crippen LogP contribution is 2.44. The second-order valence-corrected chi connectivity index (χ2v) is 15.3. The van der Waals surface area contributed by atoms with Gasteiger partial charge in [0.1, 0.15) is 24.7 Å². The first-order valence-electron chi connectivity index (χ1n) is 19.8. The molecule has 2 aromatic carbocycles. The largest absolute Gasteiger partial charge is 0.480 e. The molecule has 8 N–H and O–H groups in total. The SMILES string of the molecule is CC(C)=CC[C@@H]1NC(=O)C2CCCN2C(=O)[C@@H](NC(=O)OCC2c3ccccc3-c3ccccc32)CCCC[C@@H](C(=O)O)NC(=O)[C@H](CCCN=C(N)N)CC1=O. The van der Waals surface area contributed by atoms with Crippen LogP contribution in [0.15, 0.2) is 65.2 Å². The fourth-order valence-corrected chi connectivity index (χ4v) is 7.94. The van der Waals surface area contributed by atoms with Crippen LogP contribution in [0.2, 0.25) is 0 Å². The summed E-state index contributed by atoms with van der Waals surface area (Å²) < 4.78 is 5.78. The first-order valence-corrected chi connectivity index (χ1v) is 19.8. The molecule has 5 rings (SSSR count). The van der Waals surface area contributed by atoms with E-state index in [1.165, 1.54) is 4.90 Å². The van der Waals surface area contributed by atoms with Crippen LogP contribution in [0.25, 0.3) is 11.1 Å². The molecule has 57 heavy (non-hydrogen) atoms. The van der Waals surface area contributed by atoms with E-state index in [1.807, 2.05) is 68.5 Å². The van der Waals surface area contributed by atoms with Gasteiger partial charge in [0.2, 0.25) is 17.7 Å². The summed E-state index contributed by atoms with van der Waals surface area (Å²) >= 11 is 0. The van der Waals surface area contributed by atoms with Crippen LogP contribution in [-0.2, 0) is 28.7 Å². The van der Waals surface area contributed by atoms with Crippen molar-refractivity contribution < 1.29 is 38.6 Å². The highest BCUT2D eigenvalue weighted by Gasteiger charge is 2.40. The maximum Gasteiger partial charge on any atom is 0.407 e. The molecule has 2 fully saturated rings. The monoisotopic (exact) mass is 785 g/mol. The second-order valence-electron chi connectivity index (χ2n) is 15.3. The maximum atomic E-state index is 14.3. The number of ketones is 1. The van der Waals surface area contributed by atoms with E-state index in [-0.39, 0.29) is 70.1 Å². The molecule has 0 radical (unpaired) electrons. The number of amides is 4. The number of rotatable bonds is 10. The number of carbonyl (C=O) groups is 6. The quantitative estimate of drug-likeness (QED) is 0.0888. The van der Waals surface area contributed by atoms with Gasteiger partial charge in [-0.2, -0.15) is 0 Å². The Labute approximate surface area is 333 Å². The molecule has 3 aliphatic rings. The number of guanidine groups is 1. The topological polar surface area (TPSA) is 236 Å². The van der Waals surface area contributed by atoms with Gasteiger partial charge in [0, 0.05) is 31.3 Å². The van der Waals surface area contributed by atoms with E-state index < -0.39 is 65.7 Å². The molecule has 2 aromatic rings. The van der Waals surface area contributed by atoms with E-state index in [2.05, 4.69) is 20.9 Å². The number of allylic oxidation sites excluding steroid dienone is 1. The van der Waals surface area contributed by atoms with Crippen molar-refractivity contribution in [1.29, 1.82) is 0 Å². The number of benzene rings is 2. The summed E-state index contributed by atoms with van der Waals surface area (Å²) in [6.45, 7) is 4.22. The fourth-order valence-electron chi connectivity index (χ4n) is 7.94. The molecule has 0 bridgehead atoms. The Morgan fingerprint density at radius 2 is 1.60 bits per heavy atom. The van der Waals surface area contributed by atoms with Crippen molar-refractivity contribution in [2.45, 2.75) is 108 Å². The maximum absolute atomic E-state index is 14.3. The zero-order chi connectivity index (χ0) is 41.1.